The Bertz CT molecular complexity index is 799. The summed E-state index contributed by atoms with van der Waals surface area (Å²) in [7, 11) is 0. The van der Waals surface area contributed by atoms with Gasteiger partial charge in [0.15, 0.2) is 0 Å². The molecule has 0 spiro atoms. The zero-order valence-corrected chi connectivity index (χ0v) is 14.5. The van der Waals surface area contributed by atoms with Gasteiger partial charge in [0.25, 0.3) is 0 Å². The molecule has 0 bridgehead atoms. The Morgan fingerprint density at radius 1 is 1.09 bits per heavy atom. The van der Waals surface area contributed by atoms with Gasteiger partial charge in [0.05, 0.1) is 17.3 Å². The molecule has 0 saturated heterocycles. The summed E-state index contributed by atoms with van der Waals surface area (Å²) >= 11 is 6.03. The van der Waals surface area contributed by atoms with E-state index in [-0.39, 0.29) is 17.0 Å². The Hall–Kier alpha value is -1.52. The van der Waals surface area contributed by atoms with Crippen LogP contribution in [0.25, 0.3) is 5.65 Å². The van der Waals surface area contributed by atoms with E-state index in [4.69, 9.17) is 11.6 Å². The second-order valence-corrected chi connectivity index (χ2v) is 5.94. The number of hydrogen-bond donors (Lipinski definition) is 0. The first-order valence-electron chi connectivity index (χ1n) is 7.25. The number of aryl methyl sites for hydroxylation is 1. The maximum atomic E-state index is 6.03. The average molecular weight is 379 g/mol. The van der Waals surface area contributed by atoms with Crippen molar-refractivity contribution in [3.63, 3.8) is 0 Å². The third-order valence-electron chi connectivity index (χ3n) is 4.02. The van der Waals surface area contributed by atoms with Gasteiger partial charge in [-0.05, 0) is 36.6 Å². The Labute approximate surface area is 145 Å². The van der Waals surface area contributed by atoms with Gasteiger partial charge < -0.3 is 9.30 Å². The number of para-hydroxylation sites is 1. The largest absolute Gasteiger partial charge is 0.365 e. The minimum atomic E-state index is 0. The van der Waals surface area contributed by atoms with Crippen molar-refractivity contribution in [2.24, 2.45) is 0 Å². The van der Waals surface area contributed by atoms with Crippen LogP contribution in [0.3, 0.4) is 0 Å². The Morgan fingerprint density at radius 3 is 2.86 bits per heavy atom. The number of fused-ring (bicyclic) bond motifs is 2. The molecule has 0 aliphatic carbocycles. The number of pyridine rings is 1. The lowest BCUT2D eigenvalue weighted by Crippen LogP contribution is -2.28. The second kappa shape index (κ2) is 6.31. The van der Waals surface area contributed by atoms with E-state index in [1.807, 2.05) is 22.7 Å². The lowest BCUT2D eigenvalue weighted by Gasteiger charge is -2.30. The van der Waals surface area contributed by atoms with Crippen molar-refractivity contribution in [1.29, 1.82) is 0 Å². The predicted octanol–water partition coefficient (Wildman–Crippen LogP) is 4.52. The standard InChI is InChI=1S/C17H16ClN3.BrH/c18-14-7-8-17-19-15(12-21(17)10-14)11-20-9-3-5-13-4-1-2-6-16(13)20;/h1-2,4,6-8,10,12H,3,5,9,11H2;1H. The number of imidazole rings is 1. The fourth-order valence-electron chi connectivity index (χ4n) is 3.06. The molecule has 0 amide bonds. The molecule has 0 saturated carbocycles. The summed E-state index contributed by atoms with van der Waals surface area (Å²) in [4.78, 5) is 7.10. The van der Waals surface area contributed by atoms with Crippen molar-refractivity contribution >= 4 is 39.9 Å². The summed E-state index contributed by atoms with van der Waals surface area (Å²) in [5, 5.41) is 0.731. The first-order valence-corrected chi connectivity index (χ1v) is 7.63. The van der Waals surface area contributed by atoms with Crippen LogP contribution in [0.2, 0.25) is 5.02 Å². The van der Waals surface area contributed by atoms with Crippen molar-refractivity contribution in [3.05, 3.63) is 65.1 Å². The molecule has 4 rings (SSSR count). The summed E-state index contributed by atoms with van der Waals surface area (Å²) in [6.07, 6.45) is 6.35. The number of benzene rings is 1. The van der Waals surface area contributed by atoms with E-state index in [1.54, 1.807) is 0 Å². The molecule has 0 atom stereocenters. The summed E-state index contributed by atoms with van der Waals surface area (Å²) < 4.78 is 1.99. The van der Waals surface area contributed by atoms with Crippen LogP contribution in [0.1, 0.15) is 17.7 Å². The van der Waals surface area contributed by atoms with Gasteiger partial charge in [-0.2, -0.15) is 0 Å². The molecule has 2 aromatic heterocycles. The highest BCUT2D eigenvalue weighted by atomic mass is 79.9. The van der Waals surface area contributed by atoms with E-state index in [2.05, 4.69) is 40.3 Å². The van der Waals surface area contributed by atoms with Crippen LogP contribution in [-0.4, -0.2) is 15.9 Å². The molecule has 3 heterocycles. The molecule has 1 aliphatic heterocycles. The van der Waals surface area contributed by atoms with Gasteiger partial charge in [0, 0.05) is 24.6 Å². The topological polar surface area (TPSA) is 20.5 Å². The van der Waals surface area contributed by atoms with Crippen LogP contribution in [0, 0.1) is 0 Å². The van der Waals surface area contributed by atoms with Crippen molar-refractivity contribution in [1.82, 2.24) is 9.38 Å². The van der Waals surface area contributed by atoms with Crippen LogP contribution in [0.5, 0.6) is 0 Å². The smallest absolute Gasteiger partial charge is 0.137 e. The molecule has 1 aliphatic rings. The summed E-state index contributed by atoms with van der Waals surface area (Å²) in [5.41, 5.74) is 4.81. The fraction of sp³-hybridized carbons (Fsp3) is 0.235. The van der Waals surface area contributed by atoms with Gasteiger partial charge in [-0.3, -0.25) is 0 Å². The number of nitrogens with zero attached hydrogens (tertiary/aromatic N) is 3. The molecule has 1 aromatic carbocycles. The van der Waals surface area contributed by atoms with Gasteiger partial charge in [-0.15, -0.1) is 17.0 Å². The predicted molar refractivity (Wildman–Crippen MR) is 96.3 cm³/mol. The highest BCUT2D eigenvalue weighted by Gasteiger charge is 2.17. The lowest BCUT2D eigenvalue weighted by molar-refractivity contribution is 0.685. The molecule has 0 N–H and O–H groups in total. The van der Waals surface area contributed by atoms with Crippen molar-refractivity contribution in [3.8, 4) is 0 Å². The third-order valence-corrected chi connectivity index (χ3v) is 4.25. The third kappa shape index (κ3) is 2.85. The quantitative estimate of drug-likeness (QED) is 0.653. The minimum absolute atomic E-state index is 0. The Morgan fingerprint density at radius 2 is 1.95 bits per heavy atom. The molecule has 22 heavy (non-hydrogen) atoms. The highest BCUT2D eigenvalue weighted by molar-refractivity contribution is 8.93. The molecule has 0 radical (unpaired) electrons. The van der Waals surface area contributed by atoms with E-state index in [1.165, 1.54) is 24.1 Å². The van der Waals surface area contributed by atoms with Crippen LogP contribution in [-0.2, 0) is 13.0 Å². The van der Waals surface area contributed by atoms with E-state index in [0.29, 0.717) is 0 Å². The minimum Gasteiger partial charge on any atom is -0.365 e. The Balaban J connectivity index is 0.00000144. The zero-order valence-electron chi connectivity index (χ0n) is 12.1. The number of aromatic nitrogens is 2. The number of rotatable bonds is 2. The van der Waals surface area contributed by atoms with E-state index >= 15 is 0 Å². The molecule has 0 fully saturated rings. The molecule has 114 valence electrons. The lowest BCUT2D eigenvalue weighted by atomic mass is 10.0. The number of hydrogen-bond acceptors (Lipinski definition) is 2. The van der Waals surface area contributed by atoms with Gasteiger partial charge in [-0.1, -0.05) is 29.8 Å². The van der Waals surface area contributed by atoms with Gasteiger partial charge in [0.1, 0.15) is 5.65 Å². The summed E-state index contributed by atoms with van der Waals surface area (Å²) in [6, 6.07) is 12.5. The first-order chi connectivity index (χ1) is 10.3. The SMILES string of the molecule is Br.Clc1ccc2nc(CN3CCCc4ccccc43)cn2c1. The van der Waals surface area contributed by atoms with Crippen LogP contribution < -0.4 is 4.90 Å². The number of halogens is 2. The molecule has 0 unspecified atom stereocenters. The zero-order chi connectivity index (χ0) is 14.2. The van der Waals surface area contributed by atoms with E-state index < -0.39 is 0 Å². The van der Waals surface area contributed by atoms with Crippen molar-refractivity contribution in [2.45, 2.75) is 19.4 Å². The average Bonchev–Trinajstić information content (AvgIpc) is 2.89. The van der Waals surface area contributed by atoms with E-state index in [9.17, 15) is 0 Å². The van der Waals surface area contributed by atoms with Gasteiger partial charge >= 0.3 is 0 Å². The van der Waals surface area contributed by atoms with Crippen molar-refractivity contribution < 1.29 is 0 Å². The molecular formula is C17H17BrClN3. The highest BCUT2D eigenvalue weighted by Crippen LogP contribution is 2.28. The maximum Gasteiger partial charge on any atom is 0.137 e. The van der Waals surface area contributed by atoms with Crippen LogP contribution >= 0.6 is 28.6 Å². The monoisotopic (exact) mass is 377 g/mol. The van der Waals surface area contributed by atoms with Gasteiger partial charge in [0.2, 0.25) is 0 Å². The summed E-state index contributed by atoms with van der Waals surface area (Å²) in [6.45, 7) is 1.93. The Kier molecular flexibility index (Phi) is 4.41. The maximum absolute atomic E-state index is 6.03. The van der Waals surface area contributed by atoms with Crippen LogP contribution in [0.4, 0.5) is 5.69 Å². The van der Waals surface area contributed by atoms with Gasteiger partial charge in [-0.25, -0.2) is 4.98 Å². The fourth-order valence-corrected chi connectivity index (χ4v) is 3.23. The normalized spacial score (nSPS) is 13.8. The second-order valence-electron chi connectivity index (χ2n) is 5.50. The number of anilines is 1. The molecular weight excluding hydrogens is 362 g/mol. The molecule has 3 aromatic rings. The molecule has 3 nitrogen and oxygen atoms in total. The first kappa shape index (κ1) is 15.4. The van der Waals surface area contributed by atoms with Crippen molar-refractivity contribution in [2.75, 3.05) is 11.4 Å². The molecule has 5 heteroatoms. The van der Waals surface area contributed by atoms with E-state index in [0.717, 1.165) is 29.5 Å². The summed E-state index contributed by atoms with van der Waals surface area (Å²) in [5.74, 6) is 0. The van der Waals surface area contributed by atoms with Crippen LogP contribution in [0.15, 0.2) is 48.8 Å².